The van der Waals surface area contributed by atoms with E-state index in [9.17, 15) is 0 Å². The van der Waals surface area contributed by atoms with E-state index in [-0.39, 0.29) is 0 Å². The molecular formula is C9H11. The largest absolute Gasteiger partial charge is 0.0946 e. The van der Waals surface area contributed by atoms with Crippen LogP contribution in [0.15, 0.2) is 18.7 Å². The van der Waals surface area contributed by atoms with Crippen molar-refractivity contribution < 1.29 is 0 Å². The van der Waals surface area contributed by atoms with Crippen LogP contribution in [0.2, 0.25) is 0 Å². The molecule has 0 aromatic rings. The Morgan fingerprint density at radius 1 is 1.67 bits per heavy atom. The Kier molecular flexibility index (Phi) is 0.879. The maximum atomic E-state index is 3.72. The fraction of sp³-hybridized carbons (Fsp3) is 0.556. The highest BCUT2D eigenvalue weighted by atomic mass is 14.5. The van der Waals surface area contributed by atoms with Crippen molar-refractivity contribution in [1.29, 1.82) is 0 Å². The van der Waals surface area contributed by atoms with E-state index in [2.05, 4.69) is 24.8 Å². The van der Waals surface area contributed by atoms with Gasteiger partial charge in [0.05, 0.1) is 0 Å². The van der Waals surface area contributed by atoms with Crippen LogP contribution in [-0.4, -0.2) is 0 Å². The summed E-state index contributed by atoms with van der Waals surface area (Å²) in [5.41, 5.74) is 0.345. The fourth-order valence-corrected chi connectivity index (χ4v) is 1.78. The van der Waals surface area contributed by atoms with E-state index in [1.54, 1.807) is 0 Å². The molecule has 2 aliphatic rings. The minimum atomic E-state index is 0.345. The normalized spacial score (nSPS) is 46.0. The lowest BCUT2D eigenvalue weighted by Crippen LogP contribution is -1.99. The van der Waals surface area contributed by atoms with Crippen molar-refractivity contribution in [2.75, 3.05) is 0 Å². The summed E-state index contributed by atoms with van der Waals surface area (Å²) in [7, 11) is 0. The minimum absolute atomic E-state index is 0.345. The Bertz CT molecular complexity index is 167. The van der Waals surface area contributed by atoms with Gasteiger partial charge in [0.25, 0.3) is 0 Å². The van der Waals surface area contributed by atoms with Crippen LogP contribution in [0, 0.1) is 17.4 Å². The first-order valence-corrected chi connectivity index (χ1v) is 3.59. The van der Waals surface area contributed by atoms with Gasteiger partial charge in [0.1, 0.15) is 0 Å². The molecule has 1 radical (unpaired) electrons. The number of hydrogen-bond acceptors (Lipinski definition) is 0. The lowest BCUT2D eigenvalue weighted by Gasteiger charge is -2.08. The Labute approximate surface area is 56.3 Å². The maximum Gasteiger partial charge on any atom is 0.0161 e. The van der Waals surface area contributed by atoms with E-state index in [0.29, 0.717) is 5.41 Å². The smallest absolute Gasteiger partial charge is 0.0161 e. The zero-order valence-corrected chi connectivity index (χ0v) is 5.56. The molecule has 0 spiro atoms. The second kappa shape index (κ2) is 1.50. The van der Waals surface area contributed by atoms with Crippen molar-refractivity contribution in [3.63, 3.8) is 0 Å². The van der Waals surface area contributed by atoms with E-state index in [1.807, 2.05) is 0 Å². The average molecular weight is 119 g/mol. The second-order valence-corrected chi connectivity index (χ2v) is 3.10. The van der Waals surface area contributed by atoms with Crippen LogP contribution in [0.5, 0.6) is 0 Å². The van der Waals surface area contributed by atoms with Crippen LogP contribution in [0.4, 0.5) is 0 Å². The highest BCUT2D eigenvalue weighted by molar-refractivity contribution is 5.22. The fourth-order valence-electron chi connectivity index (χ4n) is 1.78. The molecule has 9 heavy (non-hydrogen) atoms. The first-order chi connectivity index (χ1) is 4.37. The van der Waals surface area contributed by atoms with Gasteiger partial charge in [0, 0.05) is 5.41 Å². The number of hydrogen-bond donors (Lipinski definition) is 0. The van der Waals surface area contributed by atoms with Crippen LogP contribution in [0.1, 0.15) is 19.3 Å². The molecule has 2 aliphatic carbocycles. The summed E-state index contributed by atoms with van der Waals surface area (Å²) in [5.74, 6) is 0.903. The number of allylic oxidation sites excluding steroid dienone is 3. The Morgan fingerprint density at radius 2 is 2.56 bits per heavy atom. The second-order valence-electron chi connectivity index (χ2n) is 3.10. The monoisotopic (exact) mass is 119 g/mol. The van der Waals surface area contributed by atoms with Crippen LogP contribution in [-0.2, 0) is 0 Å². The SMILES string of the molecule is C=[C]C12C=CCCC1C2. The topological polar surface area (TPSA) is 0 Å². The van der Waals surface area contributed by atoms with Crippen molar-refractivity contribution in [1.82, 2.24) is 0 Å². The molecule has 0 N–H and O–H groups in total. The van der Waals surface area contributed by atoms with Gasteiger partial charge in [-0.25, -0.2) is 0 Å². The molecule has 0 amide bonds. The predicted octanol–water partition coefficient (Wildman–Crippen LogP) is 2.33. The van der Waals surface area contributed by atoms with Crippen molar-refractivity contribution in [2.45, 2.75) is 19.3 Å². The molecule has 0 bridgehead atoms. The highest BCUT2D eigenvalue weighted by Crippen LogP contribution is 2.58. The van der Waals surface area contributed by atoms with Gasteiger partial charge in [-0.1, -0.05) is 18.7 Å². The van der Waals surface area contributed by atoms with E-state index < -0.39 is 0 Å². The van der Waals surface area contributed by atoms with E-state index in [4.69, 9.17) is 0 Å². The molecular weight excluding hydrogens is 108 g/mol. The predicted molar refractivity (Wildman–Crippen MR) is 37.8 cm³/mol. The number of fused-ring (bicyclic) bond motifs is 1. The van der Waals surface area contributed by atoms with Gasteiger partial charge in [-0.2, -0.15) is 0 Å². The summed E-state index contributed by atoms with van der Waals surface area (Å²) < 4.78 is 0. The molecule has 0 nitrogen and oxygen atoms in total. The molecule has 1 fully saturated rings. The van der Waals surface area contributed by atoms with Gasteiger partial charge in [-0.15, -0.1) is 0 Å². The quantitative estimate of drug-likeness (QED) is 0.465. The third-order valence-electron chi connectivity index (χ3n) is 2.58. The van der Waals surface area contributed by atoms with E-state index in [0.717, 1.165) is 5.92 Å². The molecule has 0 saturated heterocycles. The first kappa shape index (κ1) is 5.28. The van der Waals surface area contributed by atoms with Crippen LogP contribution in [0.3, 0.4) is 0 Å². The molecule has 2 unspecified atom stereocenters. The highest BCUT2D eigenvalue weighted by Gasteiger charge is 2.50. The Balaban J connectivity index is 2.25. The number of rotatable bonds is 1. The lowest BCUT2D eigenvalue weighted by atomic mass is 9.96. The molecule has 0 aromatic heterocycles. The summed E-state index contributed by atoms with van der Waals surface area (Å²) in [6.07, 6.45) is 11.6. The summed E-state index contributed by atoms with van der Waals surface area (Å²) >= 11 is 0. The summed E-state index contributed by atoms with van der Waals surface area (Å²) in [6, 6.07) is 0. The molecule has 1 saturated carbocycles. The van der Waals surface area contributed by atoms with E-state index >= 15 is 0 Å². The molecule has 47 valence electrons. The van der Waals surface area contributed by atoms with Crippen molar-refractivity contribution in [2.24, 2.45) is 11.3 Å². The van der Waals surface area contributed by atoms with Gasteiger partial charge in [0.2, 0.25) is 0 Å². The van der Waals surface area contributed by atoms with Gasteiger partial charge in [0.15, 0.2) is 0 Å². The summed E-state index contributed by atoms with van der Waals surface area (Å²) in [5, 5.41) is 0. The third-order valence-corrected chi connectivity index (χ3v) is 2.58. The summed E-state index contributed by atoms with van der Waals surface area (Å²) in [6.45, 7) is 3.72. The Morgan fingerprint density at radius 3 is 3.11 bits per heavy atom. The standard InChI is InChI=1S/C9H11/c1-2-9-6-4-3-5-8(9)7-9/h4,6,8H,1,3,5,7H2. The van der Waals surface area contributed by atoms with Crippen molar-refractivity contribution in [3.8, 4) is 0 Å². The zero-order chi connectivity index (χ0) is 6.32. The molecule has 0 heterocycles. The van der Waals surface area contributed by atoms with Crippen LogP contribution < -0.4 is 0 Å². The molecule has 0 aliphatic heterocycles. The lowest BCUT2D eigenvalue weighted by molar-refractivity contribution is 0.601. The van der Waals surface area contributed by atoms with Crippen LogP contribution >= 0.6 is 0 Å². The minimum Gasteiger partial charge on any atom is -0.0946 e. The molecule has 0 aromatic carbocycles. The van der Waals surface area contributed by atoms with Gasteiger partial charge in [-0.3, -0.25) is 0 Å². The van der Waals surface area contributed by atoms with E-state index in [1.165, 1.54) is 19.3 Å². The summed E-state index contributed by atoms with van der Waals surface area (Å²) in [4.78, 5) is 0. The first-order valence-electron chi connectivity index (χ1n) is 3.59. The van der Waals surface area contributed by atoms with Gasteiger partial charge < -0.3 is 0 Å². The Hall–Kier alpha value is -0.520. The van der Waals surface area contributed by atoms with Crippen LogP contribution in [0.25, 0.3) is 0 Å². The molecule has 2 atom stereocenters. The van der Waals surface area contributed by atoms with Crippen molar-refractivity contribution in [3.05, 3.63) is 24.8 Å². The third kappa shape index (κ3) is 0.592. The van der Waals surface area contributed by atoms with Crippen molar-refractivity contribution >= 4 is 0 Å². The molecule has 2 rings (SSSR count). The average Bonchev–Trinajstić information content (AvgIpc) is 2.62. The zero-order valence-electron chi connectivity index (χ0n) is 5.56. The van der Waals surface area contributed by atoms with Gasteiger partial charge in [-0.05, 0) is 31.3 Å². The maximum absolute atomic E-state index is 3.72. The molecule has 0 heteroatoms. The van der Waals surface area contributed by atoms with Gasteiger partial charge >= 0.3 is 0 Å².